The van der Waals surface area contributed by atoms with Crippen LogP contribution in [0.4, 0.5) is 5.88 Å². The fraction of sp³-hybridized carbons (Fsp3) is 0.0625. The number of nitrogens with two attached hydrogens (primary N) is 1. The predicted octanol–water partition coefficient (Wildman–Crippen LogP) is 4.36. The fourth-order valence-electron chi connectivity index (χ4n) is 2.14. The Hall–Kier alpha value is -2.27. The summed E-state index contributed by atoms with van der Waals surface area (Å²) >= 11 is 3.42. The molecular weight excluding hydrogens is 332 g/mol. The molecule has 2 aromatic carbocycles. The van der Waals surface area contributed by atoms with E-state index in [4.69, 9.17) is 15.0 Å². The molecule has 0 aliphatic rings. The Kier molecular flexibility index (Phi) is 3.66. The van der Waals surface area contributed by atoms with Gasteiger partial charge in [0.25, 0.3) is 0 Å². The van der Waals surface area contributed by atoms with Crippen LogP contribution in [0.1, 0.15) is 0 Å². The highest BCUT2D eigenvalue weighted by atomic mass is 79.9. The van der Waals surface area contributed by atoms with Crippen molar-refractivity contribution >= 4 is 21.8 Å². The van der Waals surface area contributed by atoms with Crippen LogP contribution in [0, 0.1) is 0 Å². The second-order valence-corrected chi connectivity index (χ2v) is 5.42. The Morgan fingerprint density at radius 2 is 1.62 bits per heavy atom. The molecule has 0 fully saturated rings. The largest absolute Gasteiger partial charge is 0.497 e. The summed E-state index contributed by atoms with van der Waals surface area (Å²) in [6, 6.07) is 15.5. The number of hydrogen-bond donors (Lipinski definition) is 1. The van der Waals surface area contributed by atoms with Crippen LogP contribution in [0.25, 0.3) is 22.4 Å². The van der Waals surface area contributed by atoms with Gasteiger partial charge >= 0.3 is 0 Å². The summed E-state index contributed by atoms with van der Waals surface area (Å²) in [5.41, 5.74) is 9.34. The normalized spacial score (nSPS) is 10.6. The molecule has 0 saturated carbocycles. The molecule has 1 aromatic heterocycles. The van der Waals surface area contributed by atoms with E-state index in [-0.39, 0.29) is 0 Å². The summed E-state index contributed by atoms with van der Waals surface area (Å²) in [6.07, 6.45) is 0. The lowest BCUT2D eigenvalue weighted by molar-refractivity contribution is 0.415. The summed E-state index contributed by atoms with van der Waals surface area (Å²) in [7, 11) is 1.64. The van der Waals surface area contributed by atoms with Gasteiger partial charge in [0.2, 0.25) is 5.88 Å². The van der Waals surface area contributed by atoms with E-state index in [1.54, 1.807) is 7.11 Å². The second-order valence-electron chi connectivity index (χ2n) is 4.51. The van der Waals surface area contributed by atoms with E-state index in [9.17, 15) is 0 Å². The van der Waals surface area contributed by atoms with Crippen molar-refractivity contribution in [3.63, 3.8) is 0 Å². The monoisotopic (exact) mass is 344 g/mol. The van der Waals surface area contributed by atoms with Crippen molar-refractivity contribution in [1.29, 1.82) is 0 Å². The van der Waals surface area contributed by atoms with E-state index < -0.39 is 0 Å². The average Bonchev–Trinajstić information content (AvgIpc) is 2.90. The topological polar surface area (TPSA) is 61.3 Å². The number of aromatic nitrogens is 1. The Labute approximate surface area is 130 Å². The van der Waals surface area contributed by atoms with Crippen molar-refractivity contribution in [2.24, 2.45) is 0 Å². The van der Waals surface area contributed by atoms with E-state index in [1.807, 2.05) is 48.5 Å². The molecule has 0 aliphatic carbocycles. The number of methoxy groups -OCH3 is 1. The molecule has 0 amide bonds. The lowest BCUT2D eigenvalue weighted by Gasteiger charge is -2.04. The molecule has 0 aliphatic heterocycles. The van der Waals surface area contributed by atoms with Crippen LogP contribution in [-0.4, -0.2) is 12.3 Å². The first-order valence-electron chi connectivity index (χ1n) is 6.34. The van der Waals surface area contributed by atoms with E-state index >= 15 is 0 Å². The van der Waals surface area contributed by atoms with Crippen molar-refractivity contribution in [3.05, 3.63) is 53.0 Å². The number of nitrogen functional groups attached to an aromatic ring is 1. The maximum absolute atomic E-state index is 5.94. The summed E-state index contributed by atoms with van der Waals surface area (Å²) in [5, 5.41) is 4.09. The van der Waals surface area contributed by atoms with Gasteiger partial charge in [0, 0.05) is 10.0 Å². The molecule has 0 radical (unpaired) electrons. The molecule has 3 rings (SSSR count). The molecule has 106 valence electrons. The van der Waals surface area contributed by atoms with Gasteiger partial charge in [-0.2, -0.15) is 0 Å². The maximum Gasteiger partial charge on any atom is 0.230 e. The number of rotatable bonds is 3. The van der Waals surface area contributed by atoms with Gasteiger partial charge in [-0.05, 0) is 42.0 Å². The number of benzene rings is 2. The highest BCUT2D eigenvalue weighted by Crippen LogP contribution is 2.36. The van der Waals surface area contributed by atoms with Gasteiger partial charge in [-0.15, -0.1) is 0 Å². The Balaban J connectivity index is 2.09. The highest BCUT2D eigenvalue weighted by molar-refractivity contribution is 9.10. The molecular formula is C16H13BrN2O2. The first-order valence-corrected chi connectivity index (χ1v) is 7.14. The first-order chi connectivity index (χ1) is 10.2. The van der Waals surface area contributed by atoms with E-state index in [1.165, 1.54) is 0 Å². The van der Waals surface area contributed by atoms with Gasteiger partial charge in [0.1, 0.15) is 11.4 Å². The van der Waals surface area contributed by atoms with Crippen LogP contribution in [0.5, 0.6) is 5.75 Å². The molecule has 4 nitrogen and oxygen atoms in total. The van der Waals surface area contributed by atoms with Crippen LogP contribution in [-0.2, 0) is 0 Å². The van der Waals surface area contributed by atoms with Gasteiger partial charge in [-0.25, -0.2) is 0 Å². The second kappa shape index (κ2) is 5.61. The highest BCUT2D eigenvalue weighted by Gasteiger charge is 2.17. The minimum Gasteiger partial charge on any atom is -0.497 e. The molecule has 5 heteroatoms. The van der Waals surface area contributed by atoms with E-state index in [0.717, 1.165) is 32.6 Å². The molecule has 0 spiro atoms. The van der Waals surface area contributed by atoms with Crippen LogP contribution >= 0.6 is 15.9 Å². The standard InChI is InChI=1S/C16H13BrN2O2/c1-20-13-8-4-11(5-9-13)15-14(16(18)21-19-15)10-2-6-12(17)7-3-10/h2-9H,18H2,1H3. The van der Waals surface area contributed by atoms with Crippen molar-refractivity contribution in [2.75, 3.05) is 12.8 Å². The summed E-state index contributed by atoms with van der Waals surface area (Å²) in [5.74, 6) is 1.10. The summed E-state index contributed by atoms with van der Waals surface area (Å²) in [6.45, 7) is 0. The number of anilines is 1. The predicted molar refractivity (Wildman–Crippen MR) is 86.0 cm³/mol. The van der Waals surface area contributed by atoms with Gasteiger partial charge in [-0.3, -0.25) is 0 Å². The molecule has 0 saturated heterocycles. The molecule has 3 aromatic rings. The van der Waals surface area contributed by atoms with Crippen LogP contribution < -0.4 is 10.5 Å². The minimum atomic E-state index is 0.308. The summed E-state index contributed by atoms with van der Waals surface area (Å²) in [4.78, 5) is 0. The van der Waals surface area contributed by atoms with Gasteiger partial charge in [0.15, 0.2) is 0 Å². The fourth-order valence-corrected chi connectivity index (χ4v) is 2.41. The Bertz CT molecular complexity index is 749. The van der Waals surface area contributed by atoms with E-state index in [0.29, 0.717) is 5.88 Å². The lowest BCUT2D eigenvalue weighted by Crippen LogP contribution is -1.88. The molecule has 1 heterocycles. The van der Waals surface area contributed by atoms with Gasteiger partial charge in [-0.1, -0.05) is 33.2 Å². The third-order valence-electron chi connectivity index (χ3n) is 3.21. The Morgan fingerprint density at radius 3 is 2.24 bits per heavy atom. The Morgan fingerprint density at radius 1 is 1.00 bits per heavy atom. The van der Waals surface area contributed by atoms with Crippen molar-refractivity contribution in [1.82, 2.24) is 5.16 Å². The van der Waals surface area contributed by atoms with Gasteiger partial charge in [0.05, 0.1) is 12.7 Å². The zero-order chi connectivity index (χ0) is 14.8. The molecule has 0 bridgehead atoms. The molecule has 0 unspecified atom stereocenters. The number of hydrogen-bond acceptors (Lipinski definition) is 4. The number of nitrogens with zero attached hydrogens (tertiary/aromatic N) is 1. The average molecular weight is 345 g/mol. The maximum atomic E-state index is 5.94. The zero-order valence-corrected chi connectivity index (χ0v) is 12.9. The van der Waals surface area contributed by atoms with Gasteiger partial charge < -0.3 is 15.0 Å². The lowest BCUT2D eigenvalue weighted by atomic mass is 10.0. The van der Waals surface area contributed by atoms with E-state index in [2.05, 4.69) is 21.1 Å². The number of halogens is 1. The molecule has 2 N–H and O–H groups in total. The third-order valence-corrected chi connectivity index (χ3v) is 3.74. The van der Waals surface area contributed by atoms with Crippen LogP contribution in [0.15, 0.2) is 57.5 Å². The third kappa shape index (κ3) is 2.64. The van der Waals surface area contributed by atoms with Crippen molar-refractivity contribution in [3.8, 4) is 28.1 Å². The van der Waals surface area contributed by atoms with Crippen molar-refractivity contribution in [2.45, 2.75) is 0 Å². The van der Waals surface area contributed by atoms with Crippen LogP contribution in [0.2, 0.25) is 0 Å². The summed E-state index contributed by atoms with van der Waals surface area (Å²) < 4.78 is 11.3. The number of ether oxygens (including phenoxy) is 1. The van der Waals surface area contributed by atoms with Crippen molar-refractivity contribution < 1.29 is 9.26 Å². The first kappa shape index (κ1) is 13.7. The zero-order valence-electron chi connectivity index (χ0n) is 11.3. The quantitative estimate of drug-likeness (QED) is 0.766. The molecule has 0 atom stereocenters. The van der Waals surface area contributed by atoms with Crippen LogP contribution in [0.3, 0.4) is 0 Å². The SMILES string of the molecule is COc1ccc(-c2noc(N)c2-c2ccc(Br)cc2)cc1. The smallest absolute Gasteiger partial charge is 0.230 e. The minimum absolute atomic E-state index is 0.308. The molecule has 21 heavy (non-hydrogen) atoms.